The average molecular weight is 323 g/mol. The molecule has 0 bridgehead atoms. The van der Waals surface area contributed by atoms with Crippen molar-refractivity contribution in [2.45, 2.75) is 38.0 Å². The van der Waals surface area contributed by atoms with Gasteiger partial charge in [-0.15, -0.1) is 0 Å². The van der Waals surface area contributed by atoms with E-state index in [4.69, 9.17) is 0 Å². The van der Waals surface area contributed by atoms with Gasteiger partial charge in [0.2, 0.25) is 10.0 Å². The molecule has 1 saturated heterocycles. The molecule has 2 aromatic heterocycles. The quantitative estimate of drug-likeness (QED) is 0.909. The summed E-state index contributed by atoms with van der Waals surface area (Å²) in [6.07, 6.45) is 5.39. The van der Waals surface area contributed by atoms with E-state index in [-0.39, 0.29) is 6.04 Å². The minimum absolute atomic E-state index is 0.0657. The minimum atomic E-state index is -3.24. The van der Waals surface area contributed by atoms with E-state index in [0.29, 0.717) is 6.54 Å². The van der Waals surface area contributed by atoms with Gasteiger partial charge in [0.25, 0.3) is 0 Å². The highest BCUT2D eigenvalue weighted by atomic mass is 32.2. The molecule has 1 aliphatic heterocycles. The van der Waals surface area contributed by atoms with Gasteiger partial charge in [0.1, 0.15) is 5.82 Å². The van der Waals surface area contributed by atoms with Gasteiger partial charge in [0.05, 0.1) is 11.4 Å². The number of rotatable bonds is 4. The Morgan fingerprint density at radius 1 is 1.36 bits per heavy atom. The predicted octanol–water partition coefficient (Wildman–Crippen LogP) is 1.03. The van der Waals surface area contributed by atoms with Crippen LogP contribution >= 0.6 is 0 Å². The van der Waals surface area contributed by atoms with Gasteiger partial charge in [-0.1, -0.05) is 0 Å². The van der Waals surface area contributed by atoms with Gasteiger partial charge in [-0.3, -0.25) is 0 Å². The molecule has 1 aliphatic rings. The molecule has 7 nitrogen and oxygen atoms in total. The summed E-state index contributed by atoms with van der Waals surface area (Å²) in [5.74, 6) is 0.862. The zero-order valence-electron chi connectivity index (χ0n) is 12.8. The first-order valence-electron chi connectivity index (χ1n) is 7.52. The summed E-state index contributed by atoms with van der Waals surface area (Å²) < 4.78 is 28.6. The summed E-state index contributed by atoms with van der Waals surface area (Å²) in [6.45, 7) is 4.91. The van der Waals surface area contributed by atoms with E-state index in [2.05, 4.69) is 19.7 Å². The number of fused-ring (bicyclic) bond motifs is 1. The molecule has 1 fully saturated rings. The molecule has 3 heterocycles. The number of hydrogen-bond acceptors (Lipinski definition) is 5. The Morgan fingerprint density at radius 2 is 2.18 bits per heavy atom. The maximum Gasteiger partial charge on any atom is 0.214 e. The molecular weight excluding hydrogens is 302 g/mol. The van der Waals surface area contributed by atoms with E-state index in [1.807, 2.05) is 18.3 Å². The number of hydrogen-bond donors (Lipinski definition) is 1. The van der Waals surface area contributed by atoms with E-state index in [0.717, 1.165) is 30.9 Å². The first kappa shape index (κ1) is 15.2. The Hall–Kier alpha value is -1.67. The normalized spacial score (nSPS) is 20.0. The fourth-order valence-electron chi connectivity index (χ4n) is 2.63. The van der Waals surface area contributed by atoms with Crippen molar-refractivity contribution >= 4 is 21.5 Å². The third kappa shape index (κ3) is 3.07. The van der Waals surface area contributed by atoms with Gasteiger partial charge in [-0.2, -0.15) is 5.10 Å². The molecule has 0 aromatic carbocycles. The van der Waals surface area contributed by atoms with Crippen molar-refractivity contribution < 1.29 is 8.42 Å². The number of nitrogens with one attached hydrogen (secondary N) is 1. The van der Waals surface area contributed by atoms with Crippen LogP contribution in [0.3, 0.4) is 0 Å². The van der Waals surface area contributed by atoms with Crippen molar-refractivity contribution in [3.63, 3.8) is 0 Å². The monoisotopic (exact) mass is 323 g/mol. The second kappa shape index (κ2) is 5.85. The maximum absolute atomic E-state index is 12.0. The molecule has 0 aliphatic carbocycles. The summed E-state index contributed by atoms with van der Waals surface area (Å²) in [7, 11) is -3.24. The van der Waals surface area contributed by atoms with Crippen molar-refractivity contribution in [3.8, 4) is 0 Å². The van der Waals surface area contributed by atoms with Crippen LogP contribution in [0.25, 0.3) is 5.65 Å². The first-order valence-corrected chi connectivity index (χ1v) is 9.07. The second-order valence-corrected chi connectivity index (χ2v) is 8.19. The standard InChI is InChI=1S/C14H21N5O2S/c1-11(2)22(20,21)17-12-4-3-8-18(10-12)13-6-9-19-14(16-13)5-7-15-19/h5-7,9,11-12,17H,3-4,8,10H2,1-2H3. The summed E-state index contributed by atoms with van der Waals surface area (Å²) >= 11 is 0. The molecule has 0 amide bonds. The summed E-state index contributed by atoms with van der Waals surface area (Å²) in [6, 6.07) is 3.70. The van der Waals surface area contributed by atoms with E-state index < -0.39 is 15.3 Å². The van der Waals surface area contributed by atoms with E-state index in [1.54, 1.807) is 24.6 Å². The second-order valence-electron chi connectivity index (χ2n) is 5.92. The van der Waals surface area contributed by atoms with Gasteiger partial charge in [0.15, 0.2) is 5.65 Å². The van der Waals surface area contributed by atoms with Crippen LogP contribution in [0.1, 0.15) is 26.7 Å². The number of anilines is 1. The Bertz CT molecular complexity index is 755. The fraction of sp³-hybridized carbons (Fsp3) is 0.571. The SMILES string of the molecule is CC(C)S(=O)(=O)NC1CCCN(c2ccn3nccc3n2)C1. The van der Waals surface area contributed by atoms with Gasteiger partial charge >= 0.3 is 0 Å². The smallest absolute Gasteiger partial charge is 0.214 e. The van der Waals surface area contributed by atoms with Gasteiger partial charge in [0, 0.05) is 31.4 Å². The summed E-state index contributed by atoms with van der Waals surface area (Å²) in [4.78, 5) is 6.70. The molecule has 0 saturated carbocycles. The average Bonchev–Trinajstić information content (AvgIpc) is 2.94. The molecule has 1 N–H and O–H groups in total. The van der Waals surface area contributed by atoms with Crippen molar-refractivity contribution in [1.82, 2.24) is 19.3 Å². The third-order valence-electron chi connectivity index (χ3n) is 3.94. The number of aromatic nitrogens is 3. The molecular formula is C14H21N5O2S. The Kier molecular flexibility index (Phi) is 4.05. The summed E-state index contributed by atoms with van der Waals surface area (Å²) in [5.41, 5.74) is 0.794. The molecule has 1 unspecified atom stereocenters. The lowest BCUT2D eigenvalue weighted by molar-refractivity contribution is 0.461. The minimum Gasteiger partial charge on any atom is -0.355 e. The molecule has 1 atom stereocenters. The largest absolute Gasteiger partial charge is 0.355 e. The van der Waals surface area contributed by atoms with Crippen LogP contribution < -0.4 is 9.62 Å². The molecule has 22 heavy (non-hydrogen) atoms. The topological polar surface area (TPSA) is 79.6 Å². The number of nitrogens with zero attached hydrogens (tertiary/aromatic N) is 4. The lowest BCUT2D eigenvalue weighted by Crippen LogP contribution is -2.49. The van der Waals surface area contributed by atoms with Crippen LogP contribution in [0.4, 0.5) is 5.82 Å². The van der Waals surface area contributed by atoms with Gasteiger partial charge < -0.3 is 4.90 Å². The zero-order chi connectivity index (χ0) is 15.7. The highest BCUT2D eigenvalue weighted by molar-refractivity contribution is 7.90. The molecule has 3 rings (SSSR count). The van der Waals surface area contributed by atoms with Crippen LogP contribution in [0, 0.1) is 0 Å². The highest BCUT2D eigenvalue weighted by Gasteiger charge is 2.26. The van der Waals surface area contributed by atoms with Crippen LogP contribution in [-0.2, 0) is 10.0 Å². The van der Waals surface area contributed by atoms with Crippen LogP contribution in [0.15, 0.2) is 24.5 Å². The highest BCUT2D eigenvalue weighted by Crippen LogP contribution is 2.19. The third-order valence-corrected chi connectivity index (χ3v) is 5.84. The predicted molar refractivity (Wildman–Crippen MR) is 85.4 cm³/mol. The molecule has 0 radical (unpaired) electrons. The Labute approximate surface area is 130 Å². The Balaban J connectivity index is 1.75. The van der Waals surface area contributed by atoms with Crippen LogP contribution in [0.5, 0.6) is 0 Å². The molecule has 0 spiro atoms. The molecule has 8 heteroatoms. The maximum atomic E-state index is 12.0. The van der Waals surface area contributed by atoms with Gasteiger partial charge in [-0.25, -0.2) is 22.6 Å². The van der Waals surface area contributed by atoms with E-state index in [1.165, 1.54) is 0 Å². The Morgan fingerprint density at radius 3 is 2.95 bits per heavy atom. The number of sulfonamides is 1. The van der Waals surface area contributed by atoms with E-state index >= 15 is 0 Å². The zero-order valence-corrected chi connectivity index (χ0v) is 13.6. The van der Waals surface area contributed by atoms with Crippen molar-refractivity contribution in [2.24, 2.45) is 0 Å². The van der Waals surface area contributed by atoms with Crippen molar-refractivity contribution in [1.29, 1.82) is 0 Å². The van der Waals surface area contributed by atoms with Crippen molar-refractivity contribution in [3.05, 3.63) is 24.5 Å². The molecule has 2 aromatic rings. The fourth-order valence-corrected chi connectivity index (χ4v) is 3.56. The van der Waals surface area contributed by atoms with Crippen molar-refractivity contribution in [2.75, 3.05) is 18.0 Å². The lowest BCUT2D eigenvalue weighted by Gasteiger charge is -2.34. The van der Waals surface area contributed by atoms with Gasteiger partial charge in [-0.05, 0) is 32.8 Å². The van der Waals surface area contributed by atoms with Crippen LogP contribution in [0.2, 0.25) is 0 Å². The number of piperidine rings is 1. The van der Waals surface area contributed by atoms with E-state index in [9.17, 15) is 8.42 Å². The molecule has 120 valence electrons. The summed E-state index contributed by atoms with van der Waals surface area (Å²) in [5, 5.41) is 3.72. The van der Waals surface area contributed by atoms with Crippen LogP contribution in [-0.4, -0.2) is 47.4 Å². The first-order chi connectivity index (χ1) is 10.5. The lowest BCUT2D eigenvalue weighted by atomic mass is 10.1.